The van der Waals surface area contributed by atoms with E-state index in [-0.39, 0.29) is 18.0 Å². The van der Waals surface area contributed by atoms with Gasteiger partial charge in [0.25, 0.3) is 0 Å². The molecular weight excluding hydrogens is 428 g/mol. The number of hydrogen-bond acceptors (Lipinski definition) is 5. The summed E-state index contributed by atoms with van der Waals surface area (Å²) in [6.45, 7) is 3.74. The molecule has 162 valence electrons. The number of fused-ring (bicyclic) bond motifs is 1. The van der Waals surface area contributed by atoms with E-state index in [0.717, 1.165) is 72.2 Å². The van der Waals surface area contributed by atoms with Crippen LogP contribution in [0.25, 0.3) is 10.2 Å². The molecule has 0 bridgehead atoms. The van der Waals surface area contributed by atoms with E-state index in [1.165, 1.54) is 5.56 Å². The smallest absolute Gasteiger partial charge is 0.243 e. The van der Waals surface area contributed by atoms with Gasteiger partial charge in [-0.15, -0.1) is 0 Å². The van der Waals surface area contributed by atoms with Crippen LogP contribution in [0.5, 0.6) is 0 Å². The maximum atomic E-state index is 13.3. The summed E-state index contributed by atoms with van der Waals surface area (Å²) in [5.74, 6) is 0.142. The van der Waals surface area contributed by atoms with Gasteiger partial charge in [-0.2, -0.15) is 0 Å². The minimum absolute atomic E-state index is 0.142. The Bertz CT molecular complexity index is 1060. The topological polar surface area (TPSA) is 48.5 Å². The predicted octanol–water partition coefficient (Wildman–Crippen LogP) is 4.70. The molecule has 0 saturated carbocycles. The molecule has 5 nitrogen and oxygen atoms in total. The Morgan fingerprint density at radius 1 is 1.13 bits per heavy atom. The number of benzene rings is 2. The zero-order chi connectivity index (χ0) is 21.2. The van der Waals surface area contributed by atoms with Crippen molar-refractivity contribution in [3.63, 3.8) is 0 Å². The van der Waals surface area contributed by atoms with Gasteiger partial charge >= 0.3 is 0 Å². The second-order valence-electron chi connectivity index (χ2n) is 8.53. The van der Waals surface area contributed by atoms with Crippen molar-refractivity contribution < 1.29 is 4.79 Å². The summed E-state index contributed by atoms with van der Waals surface area (Å²) in [6.07, 6.45) is 4.05. The number of carbonyl (C=O) groups excluding carboxylic acids is 1. The van der Waals surface area contributed by atoms with Crippen LogP contribution < -0.4 is 10.2 Å². The van der Waals surface area contributed by atoms with Crippen LogP contribution in [0.1, 0.15) is 31.2 Å². The molecule has 2 aromatic carbocycles. The maximum Gasteiger partial charge on any atom is 0.243 e. The number of halogens is 1. The second-order valence-corrected chi connectivity index (χ2v) is 9.97. The molecule has 2 saturated heterocycles. The number of hydrogen-bond donors (Lipinski definition) is 1. The molecule has 0 radical (unpaired) electrons. The van der Waals surface area contributed by atoms with E-state index in [4.69, 9.17) is 16.6 Å². The summed E-state index contributed by atoms with van der Waals surface area (Å²) in [7, 11) is 0. The molecule has 2 aliphatic heterocycles. The number of carbonyl (C=O) groups is 1. The van der Waals surface area contributed by atoms with Crippen LogP contribution in [0.2, 0.25) is 5.02 Å². The van der Waals surface area contributed by atoms with Gasteiger partial charge in [-0.1, -0.05) is 53.3 Å². The van der Waals surface area contributed by atoms with E-state index in [0.29, 0.717) is 0 Å². The summed E-state index contributed by atoms with van der Waals surface area (Å²) < 4.78 is 1.07. The summed E-state index contributed by atoms with van der Waals surface area (Å²) >= 11 is 7.77. The standard InChI is InChI=1S/C24H27ClN4OS/c25-18-9-10-20-22(14-18)31-24(27-20)29-12-5-4-8-21(29)23(30)26-19-11-13-28(16-19)15-17-6-2-1-3-7-17/h1-3,6-7,9-10,14,19,21H,4-5,8,11-13,15-16H2,(H,26,30)/t19-,21?/m0/s1. The molecule has 0 aliphatic carbocycles. The number of thiazole rings is 1. The van der Waals surface area contributed by atoms with Crippen molar-refractivity contribution in [2.75, 3.05) is 24.5 Å². The van der Waals surface area contributed by atoms with E-state index in [9.17, 15) is 4.79 Å². The highest BCUT2D eigenvalue weighted by Crippen LogP contribution is 2.34. The number of aromatic nitrogens is 1. The molecule has 2 aliphatic rings. The molecule has 31 heavy (non-hydrogen) atoms. The highest BCUT2D eigenvalue weighted by Gasteiger charge is 2.33. The number of nitrogens with one attached hydrogen (secondary N) is 1. The van der Waals surface area contributed by atoms with Gasteiger partial charge in [-0.3, -0.25) is 9.69 Å². The van der Waals surface area contributed by atoms with E-state index >= 15 is 0 Å². The van der Waals surface area contributed by atoms with Gasteiger partial charge in [0.15, 0.2) is 5.13 Å². The predicted molar refractivity (Wildman–Crippen MR) is 128 cm³/mol. The van der Waals surface area contributed by atoms with Gasteiger partial charge in [-0.25, -0.2) is 4.98 Å². The van der Waals surface area contributed by atoms with Crippen molar-refractivity contribution in [1.29, 1.82) is 0 Å². The van der Waals surface area contributed by atoms with Crippen LogP contribution in [0, 0.1) is 0 Å². The Balaban J connectivity index is 1.24. The fourth-order valence-corrected chi connectivity index (χ4v) is 5.99. The van der Waals surface area contributed by atoms with Crippen molar-refractivity contribution in [2.24, 2.45) is 0 Å². The van der Waals surface area contributed by atoms with Crippen molar-refractivity contribution in [3.05, 3.63) is 59.1 Å². The highest BCUT2D eigenvalue weighted by molar-refractivity contribution is 7.22. The molecule has 2 fully saturated rings. The summed E-state index contributed by atoms with van der Waals surface area (Å²) in [5, 5.41) is 4.99. The number of amides is 1. The molecule has 1 aromatic heterocycles. The lowest BCUT2D eigenvalue weighted by Crippen LogP contribution is -2.52. The normalized spacial score (nSPS) is 22.2. The summed E-state index contributed by atoms with van der Waals surface area (Å²) in [4.78, 5) is 22.7. The molecule has 0 spiro atoms. The first kappa shape index (κ1) is 20.7. The number of likely N-dealkylation sites (tertiary alicyclic amines) is 1. The van der Waals surface area contributed by atoms with Crippen LogP contribution in [0.3, 0.4) is 0 Å². The molecule has 7 heteroatoms. The minimum atomic E-state index is -0.145. The van der Waals surface area contributed by atoms with Crippen molar-refractivity contribution >= 4 is 44.2 Å². The largest absolute Gasteiger partial charge is 0.350 e. The molecule has 2 atom stereocenters. The van der Waals surface area contributed by atoms with Crippen LogP contribution in [0.15, 0.2) is 48.5 Å². The minimum Gasteiger partial charge on any atom is -0.350 e. The van der Waals surface area contributed by atoms with Crippen LogP contribution in [-0.2, 0) is 11.3 Å². The maximum absolute atomic E-state index is 13.3. The number of nitrogens with zero attached hydrogens (tertiary/aromatic N) is 3. The first-order valence-corrected chi connectivity index (χ1v) is 12.2. The molecule has 1 amide bonds. The molecule has 1 unspecified atom stereocenters. The lowest BCUT2D eigenvalue weighted by Gasteiger charge is -2.35. The molecular formula is C24H27ClN4OS. The quantitative estimate of drug-likeness (QED) is 0.607. The Morgan fingerprint density at radius 2 is 2.00 bits per heavy atom. The van der Waals surface area contributed by atoms with Crippen LogP contribution in [-0.4, -0.2) is 47.5 Å². The lowest BCUT2D eigenvalue weighted by atomic mass is 10.0. The Kier molecular flexibility index (Phi) is 6.12. The molecule has 5 rings (SSSR count). The Labute approximate surface area is 192 Å². The van der Waals surface area contributed by atoms with Gasteiger partial charge in [0.05, 0.1) is 10.2 Å². The monoisotopic (exact) mass is 454 g/mol. The summed E-state index contributed by atoms with van der Waals surface area (Å²) in [5.41, 5.74) is 2.27. The zero-order valence-corrected chi connectivity index (χ0v) is 19.0. The van der Waals surface area contributed by atoms with Gasteiger partial charge < -0.3 is 10.2 Å². The van der Waals surface area contributed by atoms with E-state index in [2.05, 4.69) is 39.4 Å². The average Bonchev–Trinajstić information content (AvgIpc) is 3.40. The third-order valence-corrected chi connectivity index (χ3v) is 7.55. The first-order chi connectivity index (χ1) is 15.2. The van der Waals surface area contributed by atoms with Crippen LogP contribution >= 0.6 is 22.9 Å². The average molecular weight is 455 g/mol. The van der Waals surface area contributed by atoms with Crippen molar-refractivity contribution in [1.82, 2.24) is 15.2 Å². The Morgan fingerprint density at radius 3 is 2.87 bits per heavy atom. The number of rotatable bonds is 5. The van der Waals surface area contributed by atoms with Crippen molar-refractivity contribution in [2.45, 2.75) is 44.3 Å². The number of anilines is 1. The van der Waals surface area contributed by atoms with E-state index in [1.807, 2.05) is 24.3 Å². The van der Waals surface area contributed by atoms with Crippen LogP contribution in [0.4, 0.5) is 5.13 Å². The SMILES string of the molecule is O=C(N[C@H]1CCN(Cc2ccccc2)C1)C1CCCCN1c1nc2ccc(Cl)cc2s1. The third-order valence-electron chi connectivity index (χ3n) is 6.26. The van der Waals surface area contributed by atoms with Gasteiger partial charge in [-0.05, 0) is 49.4 Å². The number of piperidine rings is 1. The van der Waals surface area contributed by atoms with E-state index in [1.54, 1.807) is 11.3 Å². The second kappa shape index (κ2) is 9.15. The summed E-state index contributed by atoms with van der Waals surface area (Å²) in [6, 6.07) is 16.4. The van der Waals surface area contributed by atoms with Gasteiger partial charge in [0, 0.05) is 37.2 Å². The lowest BCUT2D eigenvalue weighted by molar-refractivity contribution is -0.123. The fraction of sp³-hybridized carbons (Fsp3) is 0.417. The molecule has 1 N–H and O–H groups in total. The van der Waals surface area contributed by atoms with Gasteiger partial charge in [0.2, 0.25) is 5.91 Å². The zero-order valence-electron chi connectivity index (χ0n) is 17.5. The molecule has 3 heterocycles. The Hall–Kier alpha value is -2.15. The highest BCUT2D eigenvalue weighted by atomic mass is 35.5. The van der Waals surface area contributed by atoms with E-state index < -0.39 is 0 Å². The third kappa shape index (κ3) is 4.71. The fourth-order valence-electron chi connectivity index (χ4n) is 4.68. The first-order valence-electron chi connectivity index (χ1n) is 11.0. The van der Waals surface area contributed by atoms with Crippen molar-refractivity contribution in [3.8, 4) is 0 Å². The van der Waals surface area contributed by atoms with Gasteiger partial charge in [0.1, 0.15) is 6.04 Å². The molecule has 3 aromatic rings.